The topological polar surface area (TPSA) is 55.0 Å². The number of hydrogen-bond acceptors (Lipinski definition) is 4. The second kappa shape index (κ2) is 4.84. The van der Waals surface area contributed by atoms with E-state index >= 15 is 0 Å². The summed E-state index contributed by atoms with van der Waals surface area (Å²) >= 11 is 0. The molecule has 100 valence electrons. The van der Waals surface area contributed by atoms with Gasteiger partial charge < -0.3 is 10.6 Å². The number of piperidine rings is 1. The van der Waals surface area contributed by atoms with Crippen molar-refractivity contribution in [1.29, 1.82) is 0 Å². The smallest absolute Gasteiger partial charge is 0.220 e. The summed E-state index contributed by atoms with van der Waals surface area (Å²) in [6.45, 7) is 8.76. The van der Waals surface area contributed by atoms with Crippen molar-refractivity contribution in [1.82, 2.24) is 14.9 Å². The third kappa shape index (κ3) is 2.99. The van der Waals surface area contributed by atoms with E-state index in [1.807, 2.05) is 0 Å². The summed E-state index contributed by atoms with van der Waals surface area (Å²) in [7, 11) is 2.17. The zero-order valence-electron chi connectivity index (χ0n) is 11.9. The molecule has 0 atom stereocenters. The lowest BCUT2D eigenvalue weighted by atomic mass is 9.88. The van der Waals surface area contributed by atoms with Crippen LogP contribution in [0.3, 0.4) is 0 Å². The molecule has 4 heteroatoms. The molecule has 4 nitrogen and oxygen atoms in total. The number of rotatable bonds is 1. The van der Waals surface area contributed by atoms with Crippen LogP contribution in [0.1, 0.15) is 50.9 Å². The molecule has 2 rings (SSSR count). The van der Waals surface area contributed by atoms with Gasteiger partial charge in [-0.15, -0.1) is 0 Å². The molecule has 1 aliphatic rings. The molecule has 0 bridgehead atoms. The van der Waals surface area contributed by atoms with Gasteiger partial charge in [-0.05, 0) is 39.0 Å². The summed E-state index contributed by atoms with van der Waals surface area (Å²) in [6, 6.07) is 2.15. The lowest BCUT2D eigenvalue weighted by molar-refractivity contribution is 0.253. The number of nitrogens with two attached hydrogens (primary N) is 1. The fourth-order valence-corrected chi connectivity index (χ4v) is 2.38. The highest BCUT2D eigenvalue weighted by atomic mass is 15.1. The molecule has 0 aliphatic carbocycles. The van der Waals surface area contributed by atoms with Crippen LogP contribution in [0.25, 0.3) is 0 Å². The SMILES string of the molecule is CN1CCC(c2cc(C(C)(C)C)nc(N)n2)CC1. The van der Waals surface area contributed by atoms with E-state index in [0.717, 1.165) is 37.3 Å². The van der Waals surface area contributed by atoms with Crippen molar-refractivity contribution >= 4 is 5.95 Å². The molecule has 0 unspecified atom stereocenters. The predicted molar refractivity (Wildman–Crippen MR) is 74.6 cm³/mol. The highest BCUT2D eigenvalue weighted by Crippen LogP contribution is 2.29. The van der Waals surface area contributed by atoms with Crippen molar-refractivity contribution in [3.63, 3.8) is 0 Å². The maximum absolute atomic E-state index is 5.86. The number of aromatic nitrogens is 2. The molecule has 2 N–H and O–H groups in total. The van der Waals surface area contributed by atoms with Crippen LogP contribution in [0, 0.1) is 0 Å². The Bertz CT molecular complexity index is 414. The Kier molecular flexibility index (Phi) is 3.57. The second-order valence-electron chi connectivity index (χ2n) is 6.36. The van der Waals surface area contributed by atoms with E-state index < -0.39 is 0 Å². The first kappa shape index (κ1) is 13.3. The molecule has 1 fully saturated rings. The number of nitrogen functional groups attached to an aromatic ring is 1. The molecule has 1 aromatic rings. The summed E-state index contributed by atoms with van der Waals surface area (Å²) < 4.78 is 0. The molecule has 18 heavy (non-hydrogen) atoms. The van der Waals surface area contributed by atoms with E-state index in [0.29, 0.717) is 11.9 Å². The summed E-state index contributed by atoms with van der Waals surface area (Å²) in [4.78, 5) is 11.2. The fourth-order valence-electron chi connectivity index (χ4n) is 2.38. The lowest BCUT2D eigenvalue weighted by Gasteiger charge is -2.29. The Hall–Kier alpha value is -1.16. The Morgan fingerprint density at radius 2 is 1.83 bits per heavy atom. The first-order chi connectivity index (χ1) is 8.36. The van der Waals surface area contributed by atoms with Gasteiger partial charge in [0.2, 0.25) is 5.95 Å². The van der Waals surface area contributed by atoms with E-state index in [1.165, 1.54) is 0 Å². The molecular weight excluding hydrogens is 224 g/mol. The van der Waals surface area contributed by atoms with E-state index in [-0.39, 0.29) is 5.41 Å². The van der Waals surface area contributed by atoms with Gasteiger partial charge >= 0.3 is 0 Å². The Balaban J connectivity index is 2.25. The third-order valence-corrected chi connectivity index (χ3v) is 3.67. The quantitative estimate of drug-likeness (QED) is 0.827. The summed E-state index contributed by atoms with van der Waals surface area (Å²) in [5.74, 6) is 0.948. The molecule has 0 saturated carbocycles. The lowest BCUT2D eigenvalue weighted by Crippen LogP contribution is -2.30. The van der Waals surface area contributed by atoms with Gasteiger partial charge in [0, 0.05) is 17.0 Å². The zero-order valence-corrected chi connectivity index (χ0v) is 11.9. The number of hydrogen-bond donors (Lipinski definition) is 1. The molecule has 1 aromatic heterocycles. The predicted octanol–water partition coefficient (Wildman–Crippen LogP) is 2.17. The van der Waals surface area contributed by atoms with E-state index in [1.54, 1.807) is 0 Å². The fraction of sp³-hybridized carbons (Fsp3) is 0.714. The highest BCUT2D eigenvalue weighted by molar-refractivity contribution is 5.28. The van der Waals surface area contributed by atoms with Gasteiger partial charge in [0.1, 0.15) is 0 Å². The van der Waals surface area contributed by atoms with Gasteiger partial charge in [0.25, 0.3) is 0 Å². The number of nitrogens with zero attached hydrogens (tertiary/aromatic N) is 3. The average Bonchev–Trinajstić information content (AvgIpc) is 2.28. The first-order valence-corrected chi connectivity index (χ1v) is 6.70. The largest absolute Gasteiger partial charge is 0.368 e. The number of anilines is 1. The van der Waals surface area contributed by atoms with Crippen LogP contribution in [0.4, 0.5) is 5.95 Å². The third-order valence-electron chi connectivity index (χ3n) is 3.67. The van der Waals surface area contributed by atoms with Gasteiger partial charge in [-0.25, -0.2) is 9.97 Å². The van der Waals surface area contributed by atoms with E-state index in [2.05, 4.69) is 48.8 Å². The van der Waals surface area contributed by atoms with Gasteiger partial charge in [-0.3, -0.25) is 0 Å². The van der Waals surface area contributed by atoms with Crippen LogP contribution in [0.5, 0.6) is 0 Å². The van der Waals surface area contributed by atoms with Crippen molar-refractivity contribution in [2.75, 3.05) is 25.9 Å². The summed E-state index contributed by atoms with van der Waals surface area (Å²) in [5.41, 5.74) is 8.05. The van der Waals surface area contributed by atoms with Gasteiger partial charge in [0.05, 0.1) is 5.69 Å². The van der Waals surface area contributed by atoms with Crippen molar-refractivity contribution in [2.45, 2.75) is 44.9 Å². The molecule has 0 amide bonds. The summed E-state index contributed by atoms with van der Waals surface area (Å²) in [5, 5.41) is 0. The van der Waals surface area contributed by atoms with Gasteiger partial charge in [0.15, 0.2) is 0 Å². The molecule has 0 aromatic carbocycles. The van der Waals surface area contributed by atoms with Gasteiger partial charge in [-0.1, -0.05) is 20.8 Å². The minimum Gasteiger partial charge on any atom is -0.368 e. The maximum atomic E-state index is 5.86. The summed E-state index contributed by atoms with van der Waals surface area (Å²) in [6.07, 6.45) is 2.33. The zero-order chi connectivity index (χ0) is 13.3. The van der Waals surface area contributed by atoms with Crippen LogP contribution in [0.15, 0.2) is 6.07 Å². The monoisotopic (exact) mass is 248 g/mol. The maximum Gasteiger partial charge on any atom is 0.220 e. The number of likely N-dealkylation sites (tertiary alicyclic amines) is 1. The molecule has 0 spiro atoms. The first-order valence-electron chi connectivity index (χ1n) is 6.70. The molecule has 1 aliphatic heterocycles. The molecule has 1 saturated heterocycles. The highest BCUT2D eigenvalue weighted by Gasteiger charge is 2.23. The van der Waals surface area contributed by atoms with Crippen molar-refractivity contribution in [3.8, 4) is 0 Å². The molecular formula is C14H24N4. The van der Waals surface area contributed by atoms with E-state index in [9.17, 15) is 0 Å². The van der Waals surface area contributed by atoms with Crippen LogP contribution in [-0.4, -0.2) is 35.0 Å². The minimum atomic E-state index is 0.0251. The van der Waals surface area contributed by atoms with Crippen LogP contribution in [0.2, 0.25) is 0 Å². The Morgan fingerprint density at radius 1 is 1.22 bits per heavy atom. The van der Waals surface area contributed by atoms with Crippen LogP contribution >= 0.6 is 0 Å². The van der Waals surface area contributed by atoms with Gasteiger partial charge in [-0.2, -0.15) is 0 Å². The molecule has 2 heterocycles. The van der Waals surface area contributed by atoms with Crippen LogP contribution < -0.4 is 5.73 Å². The normalized spacial score (nSPS) is 19.1. The minimum absolute atomic E-state index is 0.0251. The van der Waals surface area contributed by atoms with E-state index in [4.69, 9.17) is 5.73 Å². The second-order valence-corrected chi connectivity index (χ2v) is 6.36. The van der Waals surface area contributed by atoms with Crippen molar-refractivity contribution in [2.24, 2.45) is 0 Å². The van der Waals surface area contributed by atoms with Crippen molar-refractivity contribution < 1.29 is 0 Å². The Labute approximate surface area is 110 Å². The van der Waals surface area contributed by atoms with Crippen LogP contribution in [-0.2, 0) is 5.41 Å². The molecule has 0 radical (unpaired) electrons. The Morgan fingerprint density at radius 3 is 2.39 bits per heavy atom. The standard InChI is InChI=1S/C14H24N4/c1-14(2,3)12-9-11(16-13(15)17-12)10-5-7-18(4)8-6-10/h9-10H,5-8H2,1-4H3,(H2,15,16,17). The van der Waals surface area contributed by atoms with Crippen molar-refractivity contribution in [3.05, 3.63) is 17.5 Å². The average molecular weight is 248 g/mol.